The Kier molecular flexibility index (Phi) is 2.75. The second-order valence-corrected chi connectivity index (χ2v) is 8.41. The zero-order chi connectivity index (χ0) is 18.6. The van der Waals surface area contributed by atoms with Crippen molar-refractivity contribution >= 4 is 17.6 Å². The van der Waals surface area contributed by atoms with Crippen LogP contribution in [-0.2, 0) is 24.5 Å². The lowest BCUT2D eigenvalue weighted by molar-refractivity contribution is -0.141. The van der Waals surface area contributed by atoms with Crippen molar-refractivity contribution in [1.82, 2.24) is 4.90 Å². The summed E-state index contributed by atoms with van der Waals surface area (Å²) in [4.78, 5) is 27.8. The summed E-state index contributed by atoms with van der Waals surface area (Å²) >= 11 is 0. The van der Waals surface area contributed by atoms with E-state index in [-0.39, 0.29) is 41.0 Å². The quantitative estimate of drug-likeness (QED) is 0.640. The minimum absolute atomic E-state index is 0.0193. The van der Waals surface area contributed by atoms with Crippen molar-refractivity contribution in [3.05, 3.63) is 41.1 Å². The van der Waals surface area contributed by atoms with Crippen LogP contribution in [0.3, 0.4) is 0 Å². The van der Waals surface area contributed by atoms with E-state index in [1.807, 2.05) is 12.1 Å². The van der Waals surface area contributed by atoms with E-state index >= 15 is 0 Å². The second-order valence-electron chi connectivity index (χ2n) is 8.41. The van der Waals surface area contributed by atoms with Gasteiger partial charge in [0, 0.05) is 23.3 Å². The molecule has 1 aromatic rings. The number of hydrogen-bond donors (Lipinski definition) is 1. The summed E-state index contributed by atoms with van der Waals surface area (Å²) in [6.45, 7) is 2.86. The van der Waals surface area contributed by atoms with E-state index in [0.29, 0.717) is 13.0 Å². The number of carbonyl (C=O) groups is 2. The zero-order valence-electron chi connectivity index (χ0n) is 15.5. The fourth-order valence-corrected chi connectivity index (χ4v) is 6.61. The van der Waals surface area contributed by atoms with Gasteiger partial charge in [0.15, 0.2) is 6.10 Å². The van der Waals surface area contributed by atoms with E-state index in [4.69, 9.17) is 9.47 Å². The highest BCUT2D eigenvalue weighted by molar-refractivity contribution is 5.95. The number of benzene rings is 1. The van der Waals surface area contributed by atoms with Crippen LogP contribution < -0.4 is 5.32 Å². The number of methoxy groups -OCH3 is 1. The average molecular weight is 366 g/mol. The maximum atomic E-state index is 13.0. The summed E-state index contributed by atoms with van der Waals surface area (Å²) in [7, 11) is 1.44. The number of hydrogen-bond acceptors (Lipinski definition) is 5. The summed E-state index contributed by atoms with van der Waals surface area (Å²) in [5, 5.41) is 3.54. The van der Waals surface area contributed by atoms with Gasteiger partial charge in [0.05, 0.1) is 24.1 Å². The fraction of sp³-hybridized carbons (Fsp3) is 0.524. The molecule has 0 radical (unpaired) electrons. The topological polar surface area (TPSA) is 71.2 Å². The number of amides is 1. The number of fused-ring (bicyclic) bond motifs is 3. The maximum Gasteiger partial charge on any atom is 0.335 e. The van der Waals surface area contributed by atoms with Crippen molar-refractivity contribution in [2.75, 3.05) is 19.0 Å². The molecule has 0 aromatic heterocycles. The lowest BCUT2D eigenvalue weighted by Gasteiger charge is -2.54. The molecule has 3 fully saturated rings. The van der Waals surface area contributed by atoms with Crippen LogP contribution >= 0.6 is 0 Å². The van der Waals surface area contributed by atoms with Crippen molar-refractivity contribution in [3.8, 4) is 0 Å². The number of piperidine rings is 1. The Hall–Kier alpha value is -2.34. The van der Waals surface area contributed by atoms with Crippen LogP contribution in [0.2, 0.25) is 0 Å². The summed E-state index contributed by atoms with van der Waals surface area (Å²) in [6, 6.07) is 8.27. The summed E-state index contributed by atoms with van der Waals surface area (Å²) < 4.78 is 11.1. The van der Waals surface area contributed by atoms with Gasteiger partial charge in [-0.15, -0.1) is 0 Å². The van der Waals surface area contributed by atoms with Crippen molar-refractivity contribution in [2.24, 2.45) is 5.41 Å². The minimum Gasteiger partial charge on any atom is -0.466 e. The first-order chi connectivity index (χ1) is 13.1. The number of para-hydroxylation sites is 1. The monoisotopic (exact) mass is 366 g/mol. The molecule has 5 aliphatic rings. The first kappa shape index (κ1) is 15.7. The smallest absolute Gasteiger partial charge is 0.335 e. The number of epoxide rings is 1. The van der Waals surface area contributed by atoms with Gasteiger partial charge >= 0.3 is 5.97 Å². The minimum atomic E-state index is -0.374. The summed E-state index contributed by atoms with van der Waals surface area (Å²) in [5.41, 5.74) is 3.27. The molecule has 4 aliphatic heterocycles. The molecule has 0 unspecified atom stereocenters. The highest BCUT2D eigenvalue weighted by Crippen LogP contribution is 2.68. The molecule has 1 spiro atoms. The van der Waals surface area contributed by atoms with Gasteiger partial charge in [-0.3, -0.25) is 4.79 Å². The van der Waals surface area contributed by atoms with Crippen molar-refractivity contribution < 1.29 is 19.1 Å². The first-order valence-corrected chi connectivity index (χ1v) is 9.73. The molecule has 140 valence electrons. The van der Waals surface area contributed by atoms with Crippen LogP contribution in [0.4, 0.5) is 5.69 Å². The Labute approximate surface area is 157 Å². The number of nitrogens with one attached hydrogen (secondary N) is 1. The molecule has 4 heterocycles. The fourth-order valence-electron chi connectivity index (χ4n) is 6.61. The van der Waals surface area contributed by atoms with Crippen LogP contribution in [-0.4, -0.2) is 48.7 Å². The van der Waals surface area contributed by atoms with Gasteiger partial charge in [-0.25, -0.2) is 4.79 Å². The van der Waals surface area contributed by atoms with E-state index in [1.165, 1.54) is 12.7 Å². The number of anilines is 1. The Morgan fingerprint density at radius 2 is 2.22 bits per heavy atom. The lowest BCUT2D eigenvalue weighted by Crippen LogP contribution is -2.64. The summed E-state index contributed by atoms with van der Waals surface area (Å²) in [6.07, 6.45) is 1.84. The van der Waals surface area contributed by atoms with Crippen LogP contribution in [0.25, 0.3) is 0 Å². The van der Waals surface area contributed by atoms with E-state index in [1.54, 1.807) is 0 Å². The number of nitrogens with zero attached hydrogens (tertiary/aromatic N) is 1. The van der Waals surface area contributed by atoms with Crippen LogP contribution in [0.5, 0.6) is 0 Å². The molecule has 0 saturated carbocycles. The molecular weight excluding hydrogens is 344 g/mol. The van der Waals surface area contributed by atoms with E-state index < -0.39 is 0 Å². The van der Waals surface area contributed by atoms with Crippen molar-refractivity contribution in [3.63, 3.8) is 0 Å². The van der Waals surface area contributed by atoms with Gasteiger partial charge in [0.25, 0.3) is 5.91 Å². The van der Waals surface area contributed by atoms with Gasteiger partial charge < -0.3 is 19.7 Å². The normalized spacial score (nSPS) is 40.0. The Morgan fingerprint density at radius 1 is 1.41 bits per heavy atom. The standard InChI is InChI=1S/C21H22N2O4/c1-3-20-10-11(18(25)26-2)15-21(12-6-4-5-7-13(12)22-15)8-9-23(19(20)21)17(24)14-16(20)27-14/h4-7,14,16,19,22H,3,8-10H2,1-2H3/t14-,16+,19+,20-,21+/m1/s1. The predicted octanol–water partition coefficient (Wildman–Crippen LogP) is 1.96. The van der Waals surface area contributed by atoms with E-state index in [9.17, 15) is 9.59 Å². The molecule has 1 amide bonds. The Morgan fingerprint density at radius 3 is 3.00 bits per heavy atom. The molecular formula is C21H22N2O4. The van der Waals surface area contributed by atoms with Crippen LogP contribution in [0, 0.1) is 5.41 Å². The number of esters is 1. The average Bonchev–Trinajstić information content (AvgIpc) is 3.31. The SMILES string of the molecule is CC[C@@]12CC(C(=O)OC)=C3Nc4ccccc4[C@@]34CCN(C(=O)[C@@H]3O[C@@H]31)[C@@H]24. The van der Waals surface area contributed by atoms with Crippen LogP contribution in [0.15, 0.2) is 35.5 Å². The molecule has 0 bridgehead atoms. The Bertz CT molecular complexity index is 940. The highest BCUT2D eigenvalue weighted by atomic mass is 16.6. The summed E-state index contributed by atoms with van der Waals surface area (Å²) in [5.74, 6) is -0.153. The predicted molar refractivity (Wildman–Crippen MR) is 96.9 cm³/mol. The maximum absolute atomic E-state index is 13.0. The molecule has 1 N–H and O–H groups in total. The van der Waals surface area contributed by atoms with Gasteiger partial charge in [-0.05, 0) is 30.9 Å². The third-order valence-electron chi connectivity index (χ3n) is 7.67. The van der Waals surface area contributed by atoms with E-state index in [2.05, 4.69) is 29.3 Å². The van der Waals surface area contributed by atoms with E-state index in [0.717, 1.165) is 29.8 Å². The lowest BCUT2D eigenvalue weighted by atomic mass is 9.53. The number of carbonyl (C=O) groups excluding carboxylic acids is 2. The largest absolute Gasteiger partial charge is 0.466 e. The molecule has 6 heteroatoms. The number of ether oxygens (including phenoxy) is 2. The molecule has 5 atom stereocenters. The molecule has 6 nitrogen and oxygen atoms in total. The second kappa shape index (κ2) is 4.73. The first-order valence-electron chi connectivity index (χ1n) is 9.73. The third-order valence-corrected chi connectivity index (χ3v) is 7.67. The number of rotatable bonds is 2. The molecule has 27 heavy (non-hydrogen) atoms. The zero-order valence-corrected chi connectivity index (χ0v) is 15.5. The highest BCUT2D eigenvalue weighted by Gasteiger charge is 2.76. The van der Waals surface area contributed by atoms with Gasteiger partial charge in [-0.1, -0.05) is 25.1 Å². The molecule has 1 aliphatic carbocycles. The van der Waals surface area contributed by atoms with Crippen molar-refractivity contribution in [2.45, 2.75) is 49.9 Å². The van der Waals surface area contributed by atoms with Crippen LogP contribution in [0.1, 0.15) is 31.7 Å². The molecule has 6 rings (SSSR count). The third kappa shape index (κ3) is 1.55. The van der Waals surface area contributed by atoms with Gasteiger partial charge in [0.2, 0.25) is 0 Å². The van der Waals surface area contributed by atoms with Gasteiger partial charge in [-0.2, -0.15) is 0 Å². The Balaban J connectivity index is 1.68. The van der Waals surface area contributed by atoms with Crippen molar-refractivity contribution in [1.29, 1.82) is 0 Å². The molecule has 1 aromatic carbocycles. The van der Waals surface area contributed by atoms with Gasteiger partial charge in [0.1, 0.15) is 6.10 Å². The molecule has 3 saturated heterocycles.